The van der Waals surface area contributed by atoms with Crippen LogP contribution in [0.2, 0.25) is 5.02 Å². The number of rotatable bonds is 2. The highest BCUT2D eigenvalue weighted by molar-refractivity contribution is 6.31. The third-order valence-corrected chi connectivity index (χ3v) is 2.66. The first-order valence-electron chi connectivity index (χ1n) is 4.89. The average Bonchev–Trinajstić information content (AvgIpc) is 2.64. The van der Waals surface area contributed by atoms with Crippen LogP contribution in [0.1, 0.15) is 17.3 Å². The Morgan fingerprint density at radius 3 is 3.00 bits per heavy atom. The zero-order chi connectivity index (χ0) is 11.5. The predicted octanol–water partition coefficient (Wildman–Crippen LogP) is 3.13. The van der Waals surface area contributed by atoms with Gasteiger partial charge in [-0.3, -0.25) is 4.79 Å². The third kappa shape index (κ3) is 1.82. The fourth-order valence-corrected chi connectivity index (χ4v) is 1.85. The van der Waals surface area contributed by atoms with Crippen molar-refractivity contribution in [2.24, 2.45) is 0 Å². The monoisotopic (exact) mass is 231 g/mol. The van der Waals surface area contributed by atoms with E-state index >= 15 is 0 Å². The van der Waals surface area contributed by atoms with Crippen LogP contribution in [-0.2, 0) is 6.54 Å². The molecule has 16 heavy (non-hydrogen) atoms. The average molecular weight is 232 g/mol. The van der Waals surface area contributed by atoms with Crippen molar-refractivity contribution in [3.63, 3.8) is 0 Å². The lowest BCUT2D eigenvalue weighted by Gasteiger charge is -1.99. The van der Waals surface area contributed by atoms with Crippen LogP contribution in [0.3, 0.4) is 0 Å². The number of halogens is 1. The van der Waals surface area contributed by atoms with Gasteiger partial charge < -0.3 is 4.57 Å². The molecule has 0 fully saturated rings. The maximum absolute atomic E-state index is 10.9. The molecule has 0 spiro atoms. The molecule has 2 aromatic rings. The molecule has 80 valence electrons. The topological polar surface area (TPSA) is 22.0 Å². The normalized spacial score (nSPS) is 9.88. The summed E-state index contributed by atoms with van der Waals surface area (Å²) in [5.41, 5.74) is 1.61. The van der Waals surface area contributed by atoms with Crippen LogP contribution in [0.4, 0.5) is 0 Å². The number of hydrogen-bond donors (Lipinski definition) is 0. The molecule has 0 radical (unpaired) electrons. The maximum atomic E-state index is 10.9. The summed E-state index contributed by atoms with van der Waals surface area (Å²) < 4.78 is 1.93. The molecule has 2 nitrogen and oxygen atoms in total. The fourth-order valence-electron chi connectivity index (χ4n) is 1.68. The van der Waals surface area contributed by atoms with Crippen molar-refractivity contribution in [3.05, 3.63) is 35.0 Å². The van der Waals surface area contributed by atoms with E-state index < -0.39 is 0 Å². The van der Waals surface area contributed by atoms with Gasteiger partial charge in [-0.15, -0.1) is 5.92 Å². The van der Waals surface area contributed by atoms with E-state index in [0.29, 0.717) is 17.1 Å². The molecule has 0 saturated carbocycles. The van der Waals surface area contributed by atoms with Crippen LogP contribution in [0.25, 0.3) is 10.9 Å². The molecule has 3 heteroatoms. The lowest BCUT2D eigenvalue weighted by atomic mass is 10.2. The van der Waals surface area contributed by atoms with E-state index in [0.717, 1.165) is 17.2 Å². The Labute approximate surface area is 98.8 Å². The number of nitrogens with zero attached hydrogens (tertiary/aromatic N) is 1. The molecule has 0 atom stereocenters. The predicted molar refractivity (Wildman–Crippen MR) is 65.8 cm³/mol. The highest BCUT2D eigenvalue weighted by Crippen LogP contribution is 2.23. The largest absolute Gasteiger partial charge is 0.335 e. The van der Waals surface area contributed by atoms with Crippen LogP contribution < -0.4 is 0 Å². The van der Waals surface area contributed by atoms with E-state index in [1.807, 2.05) is 16.7 Å². The second kappa shape index (κ2) is 4.42. The number of hydrogen-bond acceptors (Lipinski definition) is 1. The summed E-state index contributed by atoms with van der Waals surface area (Å²) >= 11 is 5.94. The summed E-state index contributed by atoms with van der Waals surface area (Å²) in [6.45, 7) is 2.36. The van der Waals surface area contributed by atoms with Crippen LogP contribution in [0, 0.1) is 11.8 Å². The first kappa shape index (κ1) is 10.8. The Hall–Kier alpha value is -1.72. The Balaban J connectivity index is 2.66. The van der Waals surface area contributed by atoms with Gasteiger partial charge in [0.05, 0.1) is 12.1 Å². The lowest BCUT2D eigenvalue weighted by molar-refractivity contribution is 0.112. The van der Waals surface area contributed by atoms with Gasteiger partial charge in [0.1, 0.15) is 0 Å². The third-order valence-electron chi connectivity index (χ3n) is 2.43. The summed E-state index contributed by atoms with van der Waals surface area (Å²) in [4.78, 5) is 10.9. The molecule has 2 rings (SSSR count). The molecule has 0 N–H and O–H groups in total. The standard InChI is InChI=1S/C13H10ClNO/c1-2-3-6-15-8-10(9-16)12-5-4-11(14)7-13(12)15/h4-5,7-9H,6H2,1H3. The highest BCUT2D eigenvalue weighted by Gasteiger charge is 2.07. The molecular formula is C13H10ClNO. The fraction of sp³-hybridized carbons (Fsp3) is 0.154. The van der Waals surface area contributed by atoms with Crippen LogP contribution in [0.5, 0.6) is 0 Å². The van der Waals surface area contributed by atoms with Crippen molar-refractivity contribution >= 4 is 28.8 Å². The maximum Gasteiger partial charge on any atom is 0.152 e. The van der Waals surface area contributed by atoms with Crippen molar-refractivity contribution in [2.45, 2.75) is 13.5 Å². The molecular weight excluding hydrogens is 222 g/mol. The summed E-state index contributed by atoms with van der Waals surface area (Å²) in [6, 6.07) is 5.49. The number of fused-ring (bicyclic) bond motifs is 1. The molecule has 1 aromatic carbocycles. The first-order valence-corrected chi connectivity index (χ1v) is 5.27. The molecule has 0 unspecified atom stereocenters. The minimum atomic E-state index is 0.571. The summed E-state index contributed by atoms with van der Waals surface area (Å²) in [5.74, 6) is 5.80. The van der Waals surface area contributed by atoms with E-state index in [1.165, 1.54) is 0 Å². The molecule has 1 aromatic heterocycles. The van der Waals surface area contributed by atoms with Gasteiger partial charge in [0.2, 0.25) is 0 Å². The molecule has 0 saturated heterocycles. The molecule has 0 aliphatic carbocycles. The van der Waals surface area contributed by atoms with Gasteiger partial charge in [-0.1, -0.05) is 23.6 Å². The second-order valence-electron chi connectivity index (χ2n) is 3.42. The number of benzene rings is 1. The lowest BCUT2D eigenvalue weighted by Crippen LogP contribution is -1.92. The highest BCUT2D eigenvalue weighted by atomic mass is 35.5. The van der Waals surface area contributed by atoms with Gasteiger partial charge >= 0.3 is 0 Å². The number of aldehydes is 1. The van der Waals surface area contributed by atoms with Crippen molar-refractivity contribution < 1.29 is 4.79 Å². The number of carbonyl (C=O) groups excluding carboxylic acids is 1. The minimum Gasteiger partial charge on any atom is -0.335 e. The molecule has 0 aliphatic rings. The van der Waals surface area contributed by atoms with E-state index in [2.05, 4.69) is 11.8 Å². The van der Waals surface area contributed by atoms with Crippen molar-refractivity contribution in [3.8, 4) is 11.8 Å². The zero-order valence-electron chi connectivity index (χ0n) is 8.83. The number of carbonyl (C=O) groups is 1. The molecule has 0 amide bonds. The van der Waals surface area contributed by atoms with Crippen molar-refractivity contribution in [1.29, 1.82) is 0 Å². The number of aromatic nitrogens is 1. The summed E-state index contributed by atoms with van der Waals surface area (Å²) in [7, 11) is 0. The minimum absolute atomic E-state index is 0.571. The zero-order valence-corrected chi connectivity index (χ0v) is 9.58. The van der Waals surface area contributed by atoms with Crippen LogP contribution >= 0.6 is 11.6 Å². The van der Waals surface area contributed by atoms with E-state index in [4.69, 9.17) is 11.6 Å². The van der Waals surface area contributed by atoms with Crippen molar-refractivity contribution in [1.82, 2.24) is 4.57 Å². The summed E-state index contributed by atoms with van der Waals surface area (Å²) in [5, 5.41) is 1.58. The second-order valence-corrected chi connectivity index (χ2v) is 3.85. The molecule has 0 aliphatic heterocycles. The van der Waals surface area contributed by atoms with E-state index in [1.54, 1.807) is 19.2 Å². The van der Waals surface area contributed by atoms with Gasteiger partial charge in [0.25, 0.3) is 0 Å². The van der Waals surface area contributed by atoms with Gasteiger partial charge in [-0.05, 0) is 19.1 Å². The Morgan fingerprint density at radius 1 is 1.50 bits per heavy atom. The smallest absolute Gasteiger partial charge is 0.152 e. The van der Waals surface area contributed by atoms with E-state index in [-0.39, 0.29) is 0 Å². The van der Waals surface area contributed by atoms with Gasteiger partial charge in [-0.2, -0.15) is 0 Å². The summed E-state index contributed by atoms with van der Waals surface area (Å²) in [6.07, 6.45) is 2.66. The Kier molecular flexibility index (Phi) is 2.98. The first-order chi connectivity index (χ1) is 7.76. The SMILES string of the molecule is CC#CCn1cc(C=O)c2ccc(Cl)cc21. The Bertz CT molecular complexity index is 601. The molecule has 1 heterocycles. The van der Waals surface area contributed by atoms with Gasteiger partial charge in [0, 0.05) is 22.2 Å². The van der Waals surface area contributed by atoms with Crippen molar-refractivity contribution in [2.75, 3.05) is 0 Å². The quantitative estimate of drug-likeness (QED) is 0.575. The Morgan fingerprint density at radius 2 is 2.31 bits per heavy atom. The van der Waals surface area contributed by atoms with Gasteiger partial charge in [-0.25, -0.2) is 0 Å². The van der Waals surface area contributed by atoms with E-state index in [9.17, 15) is 4.79 Å². The van der Waals surface area contributed by atoms with Crippen LogP contribution in [0.15, 0.2) is 24.4 Å². The molecule has 0 bridgehead atoms. The van der Waals surface area contributed by atoms with Gasteiger partial charge in [0.15, 0.2) is 6.29 Å². The van der Waals surface area contributed by atoms with Crippen LogP contribution in [-0.4, -0.2) is 10.9 Å².